The van der Waals surface area contributed by atoms with Crippen molar-refractivity contribution in [3.8, 4) is 0 Å². The van der Waals surface area contributed by atoms with Crippen molar-refractivity contribution in [1.29, 1.82) is 0 Å². The molecule has 7 unspecified atom stereocenters. The monoisotopic (exact) mass is 532 g/mol. The van der Waals surface area contributed by atoms with Crippen molar-refractivity contribution in [3.63, 3.8) is 0 Å². The van der Waals surface area contributed by atoms with E-state index in [4.69, 9.17) is 23.2 Å². The standard InChI is InChI=1S/C27H34Cl2N4O3/c1-14-18-11-19(25(14)30-15(2)34)23-22(18)26(35)33(27(23)36)13-17-10-16(17)12-31-6-8-32(9-7-31)21-5-3-4-20(28)24(21)29/h3-5,14,16-19,22-23,25H,6-13H2,1-2H3,(H,30,34)/t14?,16-,17?,18?,19?,22?,23?,25?/m1/s1. The van der Waals surface area contributed by atoms with Gasteiger partial charge < -0.3 is 10.2 Å². The maximum Gasteiger partial charge on any atom is 0.233 e. The fourth-order valence-corrected chi connectivity index (χ4v) is 8.15. The van der Waals surface area contributed by atoms with E-state index < -0.39 is 0 Å². The Kier molecular flexibility index (Phi) is 6.24. The van der Waals surface area contributed by atoms with Gasteiger partial charge in [-0.05, 0) is 54.6 Å². The number of carbonyl (C=O) groups excluding carboxylic acids is 3. The van der Waals surface area contributed by atoms with Gasteiger partial charge in [-0.1, -0.05) is 36.2 Å². The van der Waals surface area contributed by atoms with Crippen molar-refractivity contribution in [2.24, 2.45) is 41.4 Å². The van der Waals surface area contributed by atoms with Crippen molar-refractivity contribution >= 4 is 46.6 Å². The van der Waals surface area contributed by atoms with Crippen LogP contribution >= 0.6 is 23.2 Å². The van der Waals surface area contributed by atoms with Gasteiger partial charge in [-0.25, -0.2) is 0 Å². The number of imide groups is 1. The number of carbonyl (C=O) groups is 3. The second kappa shape index (κ2) is 9.17. The first-order valence-corrected chi connectivity index (χ1v) is 14.0. The van der Waals surface area contributed by atoms with Crippen LogP contribution in [0, 0.1) is 41.4 Å². The Morgan fingerprint density at radius 1 is 0.972 bits per heavy atom. The van der Waals surface area contributed by atoms with Gasteiger partial charge in [0.25, 0.3) is 0 Å². The first-order chi connectivity index (χ1) is 17.2. The van der Waals surface area contributed by atoms with Gasteiger partial charge in [0.2, 0.25) is 17.7 Å². The van der Waals surface area contributed by atoms with Gasteiger partial charge in [-0.2, -0.15) is 0 Å². The average molecular weight is 534 g/mol. The molecule has 7 nitrogen and oxygen atoms in total. The molecule has 3 aliphatic carbocycles. The van der Waals surface area contributed by atoms with Gasteiger partial charge in [-0.3, -0.25) is 24.2 Å². The molecule has 5 fully saturated rings. The lowest BCUT2D eigenvalue weighted by Crippen LogP contribution is -2.48. The molecule has 2 saturated heterocycles. The lowest BCUT2D eigenvalue weighted by molar-refractivity contribution is -0.141. The van der Waals surface area contributed by atoms with E-state index >= 15 is 0 Å². The summed E-state index contributed by atoms with van der Waals surface area (Å²) in [6.07, 6.45) is 1.95. The highest BCUT2D eigenvalue weighted by molar-refractivity contribution is 6.43. The predicted octanol–water partition coefficient (Wildman–Crippen LogP) is 3.14. The summed E-state index contributed by atoms with van der Waals surface area (Å²) < 4.78 is 0. The Morgan fingerprint density at radius 3 is 2.33 bits per heavy atom. The highest BCUT2D eigenvalue weighted by Gasteiger charge is 2.66. The lowest BCUT2D eigenvalue weighted by atomic mass is 9.73. The predicted molar refractivity (Wildman–Crippen MR) is 139 cm³/mol. The maximum absolute atomic E-state index is 13.4. The number of amides is 3. The van der Waals surface area contributed by atoms with Crippen LogP contribution in [0.1, 0.15) is 26.7 Å². The van der Waals surface area contributed by atoms with E-state index in [0.717, 1.165) is 51.3 Å². The van der Waals surface area contributed by atoms with Gasteiger partial charge in [0.05, 0.1) is 27.6 Å². The molecule has 0 radical (unpaired) electrons. The molecule has 1 aromatic rings. The number of hydrogen-bond acceptors (Lipinski definition) is 5. The summed E-state index contributed by atoms with van der Waals surface area (Å²) in [4.78, 5) is 44.8. The van der Waals surface area contributed by atoms with Crippen molar-refractivity contribution in [3.05, 3.63) is 28.2 Å². The summed E-state index contributed by atoms with van der Waals surface area (Å²) in [5, 5.41) is 4.27. The largest absolute Gasteiger partial charge is 0.368 e. The highest BCUT2D eigenvalue weighted by Crippen LogP contribution is 2.59. The topological polar surface area (TPSA) is 73.0 Å². The average Bonchev–Trinajstić information content (AvgIpc) is 3.23. The van der Waals surface area contributed by atoms with E-state index in [1.165, 1.54) is 6.92 Å². The third-order valence-electron chi connectivity index (χ3n) is 9.65. The summed E-state index contributed by atoms with van der Waals surface area (Å²) in [7, 11) is 0. The number of likely N-dealkylation sites (tertiary alicyclic amines) is 1. The molecule has 2 aliphatic heterocycles. The number of hydrogen-bond donors (Lipinski definition) is 1. The van der Waals surface area contributed by atoms with Crippen LogP contribution in [0.5, 0.6) is 0 Å². The Morgan fingerprint density at radius 2 is 1.64 bits per heavy atom. The molecule has 5 aliphatic rings. The minimum atomic E-state index is -0.237. The minimum absolute atomic E-state index is 0.0115. The molecule has 0 spiro atoms. The van der Waals surface area contributed by atoms with Gasteiger partial charge in [0.1, 0.15) is 0 Å². The fourth-order valence-electron chi connectivity index (χ4n) is 7.73. The summed E-state index contributed by atoms with van der Waals surface area (Å²) in [5.74, 6) is 1.07. The smallest absolute Gasteiger partial charge is 0.233 e. The molecular formula is C27H34Cl2N4O3. The fraction of sp³-hybridized carbons (Fsp3) is 0.667. The molecule has 3 amide bonds. The third-order valence-corrected chi connectivity index (χ3v) is 10.5. The number of benzene rings is 1. The molecule has 6 rings (SSSR count). The van der Waals surface area contributed by atoms with Gasteiger partial charge in [-0.15, -0.1) is 0 Å². The molecule has 194 valence electrons. The quantitative estimate of drug-likeness (QED) is 0.569. The van der Waals surface area contributed by atoms with Gasteiger partial charge in [0.15, 0.2) is 0 Å². The van der Waals surface area contributed by atoms with Crippen LogP contribution in [-0.2, 0) is 14.4 Å². The van der Waals surface area contributed by atoms with Crippen LogP contribution in [-0.4, -0.2) is 72.8 Å². The summed E-state index contributed by atoms with van der Waals surface area (Å²) in [5.41, 5.74) is 0.994. The maximum atomic E-state index is 13.4. The number of halogens is 2. The highest BCUT2D eigenvalue weighted by atomic mass is 35.5. The molecule has 3 saturated carbocycles. The molecule has 2 bridgehead atoms. The summed E-state index contributed by atoms with van der Waals surface area (Å²) in [6.45, 7) is 8.96. The van der Waals surface area contributed by atoms with Crippen molar-refractivity contribution in [2.75, 3.05) is 44.2 Å². The second-order valence-corrected chi connectivity index (χ2v) is 12.4. The summed E-state index contributed by atoms with van der Waals surface area (Å²) in [6, 6.07) is 5.78. The van der Waals surface area contributed by atoms with Gasteiger partial charge >= 0.3 is 0 Å². The molecular weight excluding hydrogens is 499 g/mol. The molecule has 2 heterocycles. The van der Waals surface area contributed by atoms with Gasteiger partial charge in [0, 0.05) is 52.2 Å². The zero-order valence-electron chi connectivity index (χ0n) is 20.8. The van der Waals surface area contributed by atoms with Crippen molar-refractivity contribution < 1.29 is 14.4 Å². The number of anilines is 1. The normalized spacial score (nSPS) is 37.6. The first kappa shape index (κ1) is 24.5. The van der Waals surface area contributed by atoms with E-state index in [0.29, 0.717) is 28.4 Å². The van der Waals surface area contributed by atoms with Crippen LogP contribution in [0.4, 0.5) is 5.69 Å². The number of rotatable bonds is 6. The molecule has 8 atom stereocenters. The van der Waals surface area contributed by atoms with E-state index in [-0.39, 0.29) is 53.4 Å². The number of nitrogens with zero attached hydrogens (tertiary/aromatic N) is 3. The van der Waals surface area contributed by atoms with E-state index in [1.54, 1.807) is 4.90 Å². The van der Waals surface area contributed by atoms with Crippen LogP contribution in [0.3, 0.4) is 0 Å². The summed E-state index contributed by atoms with van der Waals surface area (Å²) >= 11 is 12.6. The Balaban J connectivity index is 1.02. The molecule has 36 heavy (non-hydrogen) atoms. The second-order valence-electron chi connectivity index (χ2n) is 11.6. The van der Waals surface area contributed by atoms with E-state index in [1.807, 2.05) is 18.2 Å². The van der Waals surface area contributed by atoms with Crippen LogP contribution in [0.15, 0.2) is 18.2 Å². The van der Waals surface area contributed by atoms with Crippen LogP contribution in [0.2, 0.25) is 10.0 Å². The molecule has 9 heteroatoms. The molecule has 1 N–H and O–H groups in total. The van der Waals surface area contributed by atoms with Crippen LogP contribution in [0.25, 0.3) is 0 Å². The SMILES string of the molecule is CC(=O)NC1C(C)C2CC1C1C(=O)N(CC3C[C@@H]3CN3CCN(c4cccc(Cl)c4Cl)CC3)C(=O)C21. The number of fused-ring (bicyclic) bond motifs is 5. The lowest BCUT2D eigenvalue weighted by Gasteiger charge is -2.36. The minimum Gasteiger partial charge on any atom is -0.368 e. The third kappa shape index (κ3) is 4.02. The first-order valence-electron chi connectivity index (χ1n) is 13.3. The Labute approximate surface area is 222 Å². The number of piperazine rings is 1. The van der Waals surface area contributed by atoms with Crippen molar-refractivity contribution in [1.82, 2.24) is 15.1 Å². The zero-order valence-corrected chi connectivity index (χ0v) is 22.3. The van der Waals surface area contributed by atoms with E-state index in [9.17, 15) is 14.4 Å². The Bertz CT molecular complexity index is 1090. The van der Waals surface area contributed by atoms with Crippen LogP contribution < -0.4 is 10.2 Å². The molecule has 0 aromatic heterocycles. The van der Waals surface area contributed by atoms with E-state index in [2.05, 4.69) is 22.0 Å². The Hall–Kier alpha value is -1.83. The molecule has 1 aromatic carbocycles. The zero-order chi connectivity index (χ0) is 25.3. The van der Waals surface area contributed by atoms with Crippen molar-refractivity contribution in [2.45, 2.75) is 32.7 Å². The number of nitrogens with one attached hydrogen (secondary N) is 1.